The molecule has 0 amide bonds. The normalized spacial score (nSPS) is 12.8. The van der Waals surface area contributed by atoms with Crippen LogP contribution < -0.4 is 0 Å². The van der Waals surface area contributed by atoms with Gasteiger partial charge in [0.05, 0.1) is 18.3 Å². The predicted octanol–water partition coefficient (Wildman–Crippen LogP) is 3.59. The first-order chi connectivity index (χ1) is 11.1. The topological polar surface area (TPSA) is 56.5 Å². The Kier molecular flexibility index (Phi) is 3.77. The molecule has 2 aromatic heterocycles. The lowest BCUT2D eigenvalue weighted by Crippen LogP contribution is -2.15. The zero-order chi connectivity index (χ0) is 17.5. The summed E-state index contributed by atoms with van der Waals surface area (Å²) in [5, 5.41) is 8.36. The maximum Gasteiger partial charge on any atom is 0.416 e. The minimum Gasteiger partial charge on any atom is -0.238 e. The number of alkyl halides is 3. The van der Waals surface area contributed by atoms with Gasteiger partial charge in [0.1, 0.15) is 5.82 Å². The molecule has 0 aliphatic heterocycles. The Morgan fingerprint density at radius 1 is 1.04 bits per heavy atom. The van der Waals surface area contributed by atoms with E-state index in [9.17, 15) is 13.2 Å². The van der Waals surface area contributed by atoms with Crippen molar-refractivity contribution in [1.29, 1.82) is 0 Å². The van der Waals surface area contributed by atoms with Gasteiger partial charge in [-0.25, -0.2) is 9.97 Å². The molecule has 3 rings (SSSR count). The van der Waals surface area contributed by atoms with Gasteiger partial charge in [-0.05, 0) is 11.6 Å². The molecule has 0 radical (unpaired) electrons. The fourth-order valence-corrected chi connectivity index (χ4v) is 2.29. The van der Waals surface area contributed by atoms with E-state index in [0.29, 0.717) is 17.0 Å². The SMILES string of the molecule is CC(C)(C)c1ncc2nn(Cc3ccccc3C(F)(F)F)nc2n1. The molecule has 0 aliphatic rings. The number of fused-ring (bicyclic) bond motifs is 1. The minimum absolute atomic E-state index is 0.0864. The fraction of sp³-hybridized carbons (Fsp3) is 0.375. The Labute approximate surface area is 136 Å². The number of hydrogen-bond acceptors (Lipinski definition) is 4. The lowest BCUT2D eigenvalue weighted by Gasteiger charge is -2.14. The van der Waals surface area contributed by atoms with Crippen molar-refractivity contribution in [3.05, 3.63) is 47.4 Å². The van der Waals surface area contributed by atoms with Crippen LogP contribution in [0.1, 0.15) is 37.7 Å². The van der Waals surface area contributed by atoms with E-state index >= 15 is 0 Å². The first kappa shape index (κ1) is 16.4. The second kappa shape index (κ2) is 5.54. The zero-order valence-electron chi connectivity index (χ0n) is 13.5. The summed E-state index contributed by atoms with van der Waals surface area (Å²) < 4.78 is 39.2. The second-order valence-electron chi connectivity index (χ2n) is 6.54. The summed E-state index contributed by atoms with van der Waals surface area (Å²) in [4.78, 5) is 9.82. The smallest absolute Gasteiger partial charge is 0.238 e. The molecule has 126 valence electrons. The van der Waals surface area contributed by atoms with Crippen LogP contribution in [-0.4, -0.2) is 25.0 Å². The summed E-state index contributed by atoms with van der Waals surface area (Å²) in [5.74, 6) is 0.609. The van der Waals surface area contributed by atoms with Crippen LogP contribution in [0.4, 0.5) is 13.2 Å². The summed E-state index contributed by atoms with van der Waals surface area (Å²) >= 11 is 0. The Bertz CT molecular complexity index is 877. The standard InChI is InChI=1S/C16H16F3N5/c1-15(2,3)14-20-8-12-13(21-14)23-24(22-12)9-10-6-4-5-7-11(10)16(17,18)19/h4-8H,9H2,1-3H3. The van der Waals surface area contributed by atoms with Gasteiger partial charge in [-0.1, -0.05) is 39.0 Å². The van der Waals surface area contributed by atoms with E-state index in [1.54, 1.807) is 12.3 Å². The van der Waals surface area contributed by atoms with Crippen LogP contribution in [0.5, 0.6) is 0 Å². The molecule has 0 bridgehead atoms. The van der Waals surface area contributed by atoms with Crippen LogP contribution in [-0.2, 0) is 18.1 Å². The molecule has 0 fully saturated rings. The molecule has 3 aromatic rings. The molecule has 0 unspecified atom stereocenters. The fourth-order valence-electron chi connectivity index (χ4n) is 2.29. The minimum atomic E-state index is -4.41. The summed E-state index contributed by atoms with van der Waals surface area (Å²) in [7, 11) is 0. The van der Waals surface area contributed by atoms with Gasteiger partial charge < -0.3 is 0 Å². The number of nitrogens with zero attached hydrogens (tertiary/aromatic N) is 5. The van der Waals surface area contributed by atoms with E-state index in [2.05, 4.69) is 20.2 Å². The number of halogens is 3. The van der Waals surface area contributed by atoms with Crippen molar-refractivity contribution >= 4 is 11.2 Å². The van der Waals surface area contributed by atoms with E-state index in [1.807, 2.05) is 20.8 Å². The van der Waals surface area contributed by atoms with Crippen molar-refractivity contribution in [3.63, 3.8) is 0 Å². The van der Waals surface area contributed by atoms with E-state index < -0.39 is 11.7 Å². The van der Waals surface area contributed by atoms with Crippen LogP contribution in [0.15, 0.2) is 30.5 Å². The van der Waals surface area contributed by atoms with Gasteiger partial charge in [-0.2, -0.15) is 18.0 Å². The van der Waals surface area contributed by atoms with Gasteiger partial charge in [-0.3, -0.25) is 0 Å². The molecule has 2 heterocycles. The van der Waals surface area contributed by atoms with Gasteiger partial charge in [0, 0.05) is 5.41 Å². The van der Waals surface area contributed by atoms with Crippen LogP contribution in [0, 0.1) is 0 Å². The van der Waals surface area contributed by atoms with Crippen LogP contribution >= 0.6 is 0 Å². The van der Waals surface area contributed by atoms with Gasteiger partial charge >= 0.3 is 6.18 Å². The monoisotopic (exact) mass is 335 g/mol. The predicted molar refractivity (Wildman–Crippen MR) is 82.4 cm³/mol. The van der Waals surface area contributed by atoms with Crippen LogP contribution in [0.2, 0.25) is 0 Å². The van der Waals surface area contributed by atoms with E-state index in [1.165, 1.54) is 16.9 Å². The third-order valence-corrected chi connectivity index (χ3v) is 3.49. The molecule has 0 atom stereocenters. The molecule has 0 N–H and O–H groups in total. The molecule has 5 nitrogen and oxygen atoms in total. The average Bonchev–Trinajstić information content (AvgIpc) is 2.87. The highest BCUT2D eigenvalue weighted by Crippen LogP contribution is 2.32. The Hall–Kier alpha value is -2.51. The highest BCUT2D eigenvalue weighted by atomic mass is 19.4. The molecular weight excluding hydrogens is 319 g/mol. The molecule has 0 saturated carbocycles. The van der Waals surface area contributed by atoms with Crippen molar-refractivity contribution in [1.82, 2.24) is 25.0 Å². The Balaban J connectivity index is 1.97. The second-order valence-corrected chi connectivity index (χ2v) is 6.54. The Morgan fingerprint density at radius 2 is 1.75 bits per heavy atom. The number of rotatable bonds is 2. The first-order valence-electron chi connectivity index (χ1n) is 7.38. The maximum absolute atomic E-state index is 13.1. The van der Waals surface area contributed by atoms with Gasteiger partial charge in [0.25, 0.3) is 0 Å². The molecule has 24 heavy (non-hydrogen) atoms. The maximum atomic E-state index is 13.1. The molecule has 0 saturated heterocycles. The summed E-state index contributed by atoms with van der Waals surface area (Å²) in [6.07, 6.45) is -2.87. The lowest BCUT2D eigenvalue weighted by atomic mass is 9.96. The first-order valence-corrected chi connectivity index (χ1v) is 7.38. The molecule has 0 aliphatic carbocycles. The summed E-state index contributed by atoms with van der Waals surface area (Å²) in [6.45, 7) is 5.82. The van der Waals surface area contributed by atoms with Gasteiger partial charge in [-0.15, -0.1) is 10.2 Å². The van der Waals surface area contributed by atoms with E-state index in [0.717, 1.165) is 6.07 Å². The Morgan fingerprint density at radius 3 is 2.42 bits per heavy atom. The van der Waals surface area contributed by atoms with Crippen LogP contribution in [0.3, 0.4) is 0 Å². The summed E-state index contributed by atoms with van der Waals surface area (Å²) in [6, 6.07) is 5.39. The van der Waals surface area contributed by atoms with Crippen molar-refractivity contribution in [2.24, 2.45) is 0 Å². The zero-order valence-corrected chi connectivity index (χ0v) is 13.5. The van der Waals surface area contributed by atoms with Crippen molar-refractivity contribution in [2.75, 3.05) is 0 Å². The number of benzene rings is 1. The molecule has 0 spiro atoms. The largest absolute Gasteiger partial charge is 0.416 e. The van der Waals surface area contributed by atoms with Gasteiger partial charge in [0.15, 0.2) is 5.52 Å². The lowest BCUT2D eigenvalue weighted by molar-refractivity contribution is -0.138. The average molecular weight is 335 g/mol. The van der Waals surface area contributed by atoms with E-state index in [4.69, 9.17) is 0 Å². The highest BCUT2D eigenvalue weighted by molar-refractivity contribution is 5.67. The third kappa shape index (κ3) is 3.22. The molecule has 1 aromatic carbocycles. The number of aromatic nitrogens is 5. The van der Waals surface area contributed by atoms with Crippen molar-refractivity contribution in [3.8, 4) is 0 Å². The van der Waals surface area contributed by atoms with E-state index in [-0.39, 0.29) is 17.5 Å². The van der Waals surface area contributed by atoms with Crippen molar-refractivity contribution < 1.29 is 13.2 Å². The van der Waals surface area contributed by atoms with Crippen molar-refractivity contribution in [2.45, 2.75) is 38.9 Å². The molecular formula is C16H16F3N5. The van der Waals surface area contributed by atoms with Crippen LogP contribution in [0.25, 0.3) is 11.2 Å². The quantitative estimate of drug-likeness (QED) is 0.718. The number of hydrogen-bond donors (Lipinski definition) is 0. The van der Waals surface area contributed by atoms with Gasteiger partial charge in [0.2, 0.25) is 5.65 Å². The third-order valence-electron chi connectivity index (χ3n) is 3.49. The summed E-state index contributed by atoms with van der Waals surface area (Å²) in [5.41, 5.74) is -0.00468. The highest BCUT2D eigenvalue weighted by Gasteiger charge is 2.33. The molecule has 8 heteroatoms.